The minimum atomic E-state index is -2.71. The number of aromatic nitrogens is 1. The molecule has 1 aromatic rings. The topological polar surface area (TPSA) is 31.4 Å². The van der Waals surface area contributed by atoms with Gasteiger partial charge in [0.05, 0.1) is 13.7 Å². The summed E-state index contributed by atoms with van der Waals surface area (Å²) in [4.78, 5) is 3.75. The SMILES string of the molecule is [2H]c1ccc(OC2CC(OC(F)F)C2)cn1. The van der Waals surface area contributed by atoms with E-state index in [2.05, 4.69) is 9.72 Å². The van der Waals surface area contributed by atoms with Crippen molar-refractivity contribution in [2.75, 3.05) is 0 Å². The van der Waals surface area contributed by atoms with Crippen LogP contribution in [0.5, 0.6) is 5.75 Å². The normalized spacial score (nSPS) is 25.9. The molecule has 0 N–H and O–H groups in total. The van der Waals surface area contributed by atoms with E-state index in [4.69, 9.17) is 6.11 Å². The van der Waals surface area contributed by atoms with E-state index in [1.165, 1.54) is 12.3 Å². The molecule has 0 aromatic carbocycles. The van der Waals surface area contributed by atoms with Crippen molar-refractivity contribution in [3.63, 3.8) is 0 Å². The lowest BCUT2D eigenvalue weighted by molar-refractivity contribution is -0.196. The van der Waals surface area contributed by atoms with Crippen LogP contribution in [0.15, 0.2) is 24.5 Å². The van der Waals surface area contributed by atoms with Gasteiger partial charge in [0.15, 0.2) is 0 Å². The fourth-order valence-electron chi connectivity index (χ4n) is 1.44. The molecule has 0 unspecified atom stereocenters. The lowest BCUT2D eigenvalue weighted by Crippen LogP contribution is -2.40. The van der Waals surface area contributed by atoms with Crippen LogP contribution in [-0.4, -0.2) is 23.8 Å². The molecule has 0 amide bonds. The molecular weight excluding hydrogens is 204 g/mol. The van der Waals surface area contributed by atoms with E-state index in [1.807, 2.05) is 0 Å². The molecule has 0 spiro atoms. The van der Waals surface area contributed by atoms with Crippen LogP contribution in [0, 0.1) is 0 Å². The number of hydrogen-bond donors (Lipinski definition) is 0. The smallest absolute Gasteiger partial charge is 0.345 e. The molecule has 5 heteroatoms. The Morgan fingerprint density at radius 2 is 2.27 bits per heavy atom. The van der Waals surface area contributed by atoms with Gasteiger partial charge in [0, 0.05) is 19.0 Å². The van der Waals surface area contributed by atoms with Crippen molar-refractivity contribution in [3.05, 3.63) is 24.5 Å². The Morgan fingerprint density at radius 3 is 2.87 bits per heavy atom. The van der Waals surface area contributed by atoms with Crippen LogP contribution < -0.4 is 4.74 Å². The number of rotatable bonds is 4. The summed E-state index contributed by atoms with van der Waals surface area (Å²) in [6.45, 7) is -2.71. The van der Waals surface area contributed by atoms with E-state index in [1.54, 1.807) is 6.07 Å². The molecule has 0 saturated heterocycles. The Labute approximate surface area is 87.4 Å². The molecule has 15 heavy (non-hydrogen) atoms. The second-order valence-electron chi connectivity index (χ2n) is 3.35. The summed E-state index contributed by atoms with van der Waals surface area (Å²) in [5.74, 6) is 0.552. The first-order valence-electron chi connectivity index (χ1n) is 5.16. The molecule has 1 aliphatic rings. The summed E-state index contributed by atoms with van der Waals surface area (Å²) < 4.78 is 40.6. The summed E-state index contributed by atoms with van der Waals surface area (Å²) in [7, 11) is 0. The first-order chi connectivity index (χ1) is 7.63. The third kappa shape index (κ3) is 2.86. The second kappa shape index (κ2) is 4.53. The van der Waals surface area contributed by atoms with Crippen molar-refractivity contribution in [2.24, 2.45) is 0 Å². The zero-order valence-electron chi connectivity index (χ0n) is 8.90. The maximum absolute atomic E-state index is 11.8. The van der Waals surface area contributed by atoms with Gasteiger partial charge in [-0.05, 0) is 12.1 Å². The van der Waals surface area contributed by atoms with Crippen molar-refractivity contribution in [2.45, 2.75) is 31.7 Å². The zero-order chi connectivity index (χ0) is 11.5. The van der Waals surface area contributed by atoms with E-state index in [0.29, 0.717) is 18.6 Å². The van der Waals surface area contributed by atoms with Crippen LogP contribution in [0.1, 0.15) is 14.2 Å². The van der Waals surface area contributed by atoms with Crippen molar-refractivity contribution in [1.29, 1.82) is 0 Å². The number of ether oxygens (including phenoxy) is 2. The van der Waals surface area contributed by atoms with Crippen molar-refractivity contribution < 1.29 is 19.6 Å². The highest BCUT2D eigenvalue weighted by molar-refractivity contribution is 5.16. The molecule has 1 saturated carbocycles. The number of halogens is 2. The van der Waals surface area contributed by atoms with Gasteiger partial charge in [-0.2, -0.15) is 8.78 Å². The molecule has 0 aliphatic heterocycles. The molecule has 0 bridgehead atoms. The van der Waals surface area contributed by atoms with Crippen molar-refractivity contribution in [1.82, 2.24) is 4.98 Å². The fraction of sp³-hybridized carbons (Fsp3) is 0.500. The van der Waals surface area contributed by atoms with Crippen LogP contribution >= 0.6 is 0 Å². The quantitative estimate of drug-likeness (QED) is 0.773. The fourth-order valence-corrected chi connectivity index (χ4v) is 1.44. The van der Waals surface area contributed by atoms with Gasteiger partial charge in [0.1, 0.15) is 11.9 Å². The Kier molecular flexibility index (Phi) is 2.72. The van der Waals surface area contributed by atoms with Gasteiger partial charge in [-0.1, -0.05) is 0 Å². The summed E-state index contributed by atoms with van der Waals surface area (Å²) >= 11 is 0. The number of nitrogens with zero attached hydrogens (tertiary/aromatic N) is 1. The molecular formula is C10H11F2NO2. The molecule has 3 nitrogen and oxygen atoms in total. The third-order valence-corrected chi connectivity index (χ3v) is 2.24. The van der Waals surface area contributed by atoms with E-state index in [9.17, 15) is 8.78 Å². The maximum atomic E-state index is 11.8. The van der Waals surface area contributed by atoms with Gasteiger partial charge in [-0.25, -0.2) is 0 Å². The average molecular weight is 216 g/mol. The van der Waals surface area contributed by atoms with Gasteiger partial charge in [-0.3, -0.25) is 4.98 Å². The zero-order valence-corrected chi connectivity index (χ0v) is 7.90. The predicted molar refractivity (Wildman–Crippen MR) is 48.8 cm³/mol. The van der Waals surface area contributed by atoms with Gasteiger partial charge >= 0.3 is 6.61 Å². The molecule has 82 valence electrons. The molecule has 2 rings (SSSR count). The minimum absolute atomic E-state index is 0.0952. The van der Waals surface area contributed by atoms with Crippen LogP contribution in [0.25, 0.3) is 0 Å². The highest BCUT2D eigenvalue weighted by atomic mass is 19.3. The Hall–Kier alpha value is -1.23. The molecule has 1 aromatic heterocycles. The molecule has 1 aliphatic carbocycles. The Morgan fingerprint density at radius 1 is 1.47 bits per heavy atom. The van der Waals surface area contributed by atoms with E-state index in [-0.39, 0.29) is 12.3 Å². The second-order valence-corrected chi connectivity index (χ2v) is 3.35. The highest BCUT2D eigenvalue weighted by Gasteiger charge is 2.33. The molecule has 1 heterocycles. The number of hydrogen-bond acceptors (Lipinski definition) is 3. The predicted octanol–water partition coefficient (Wildman–Crippen LogP) is 2.23. The van der Waals surface area contributed by atoms with Crippen LogP contribution in [0.4, 0.5) is 8.78 Å². The first-order valence-corrected chi connectivity index (χ1v) is 4.66. The van der Waals surface area contributed by atoms with Crippen LogP contribution in [-0.2, 0) is 4.74 Å². The maximum Gasteiger partial charge on any atom is 0.345 e. The van der Waals surface area contributed by atoms with Gasteiger partial charge in [0.2, 0.25) is 0 Å². The summed E-state index contributed by atoms with van der Waals surface area (Å²) in [6.07, 6.45) is 2.04. The first kappa shape index (κ1) is 9.03. The van der Waals surface area contributed by atoms with Gasteiger partial charge in [0.25, 0.3) is 0 Å². The van der Waals surface area contributed by atoms with E-state index in [0.717, 1.165) is 0 Å². The standard InChI is InChI=1S/C10H11F2NO2/c11-10(12)15-9-4-8(5-9)14-7-2-1-3-13-6-7/h1-3,6,8-10H,4-5H2/i3D. The summed E-state index contributed by atoms with van der Waals surface area (Å²) in [5, 5.41) is 0. The van der Waals surface area contributed by atoms with E-state index < -0.39 is 12.7 Å². The largest absolute Gasteiger partial charge is 0.489 e. The van der Waals surface area contributed by atoms with Crippen molar-refractivity contribution in [3.8, 4) is 5.75 Å². The molecule has 1 fully saturated rings. The lowest BCUT2D eigenvalue weighted by Gasteiger charge is -2.34. The number of pyridine rings is 1. The van der Waals surface area contributed by atoms with Crippen molar-refractivity contribution >= 4 is 0 Å². The van der Waals surface area contributed by atoms with Gasteiger partial charge < -0.3 is 9.47 Å². The highest BCUT2D eigenvalue weighted by Crippen LogP contribution is 2.28. The van der Waals surface area contributed by atoms with Crippen LogP contribution in [0.2, 0.25) is 0 Å². The third-order valence-electron chi connectivity index (χ3n) is 2.24. The van der Waals surface area contributed by atoms with Gasteiger partial charge in [-0.15, -0.1) is 0 Å². The number of alkyl halides is 2. The minimum Gasteiger partial charge on any atom is -0.489 e. The molecule has 0 radical (unpaired) electrons. The van der Waals surface area contributed by atoms with Crippen LogP contribution in [0.3, 0.4) is 0 Å². The lowest BCUT2D eigenvalue weighted by atomic mass is 9.92. The monoisotopic (exact) mass is 216 g/mol. The summed E-state index contributed by atoms with van der Waals surface area (Å²) in [5.41, 5.74) is 0. The Bertz CT molecular complexity index is 341. The summed E-state index contributed by atoms with van der Waals surface area (Å²) in [6, 6.07) is 3.15. The average Bonchev–Trinajstić information content (AvgIpc) is 2.17. The van der Waals surface area contributed by atoms with E-state index >= 15 is 0 Å². The molecule has 0 atom stereocenters. The Balaban J connectivity index is 1.75.